The number of para-hydroxylation sites is 1. The zero-order valence-electron chi connectivity index (χ0n) is 8.95. The Balaban J connectivity index is 2.58. The van der Waals surface area contributed by atoms with Gasteiger partial charge in [0.25, 0.3) is 0 Å². The Kier molecular flexibility index (Phi) is 2.92. The third kappa shape index (κ3) is 2.12. The third-order valence-corrected chi connectivity index (χ3v) is 2.25. The fourth-order valence-electron chi connectivity index (χ4n) is 1.52. The number of nitro groups is 1. The molecule has 1 aromatic heterocycles. The number of carboxylic acid groups (broad SMARTS) is 1. The second-order valence-electron chi connectivity index (χ2n) is 3.35. The van der Waals surface area contributed by atoms with E-state index >= 15 is 0 Å². The Morgan fingerprint density at radius 2 is 2.11 bits per heavy atom. The summed E-state index contributed by atoms with van der Waals surface area (Å²) in [6.07, 6.45) is -0.265. The number of pyridine rings is 1. The first-order chi connectivity index (χ1) is 8.59. The van der Waals surface area contributed by atoms with E-state index in [2.05, 4.69) is 10.4 Å². The van der Waals surface area contributed by atoms with Crippen molar-refractivity contribution in [3.8, 4) is 0 Å². The molecule has 0 aliphatic carbocycles. The number of fused-ring (bicyclic) bond motifs is 1. The first-order valence-electron chi connectivity index (χ1n) is 4.86. The van der Waals surface area contributed by atoms with Crippen LogP contribution in [0, 0.1) is 10.1 Å². The van der Waals surface area contributed by atoms with Crippen molar-refractivity contribution in [1.82, 2.24) is 10.4 Å². The van der Waals surface area contributed by atoms with Crippen molar-refractivity contribution < 1.29 is 14.8 Å². The summed E-state index contributed by atoms with van der Waals surface area (Å²) in [6, 6.07) is 6.70. The van der Waals surface area contributed by atoms with Gasteiger partial charge in [0, 0.05) is 5.39 Å². The number of rotatable bonds is 3. The molecule has 18 heavy (non-hydrogen) atoms. The molecular formula is C10H8N4O4. The van der Waals surface area contributed by atoms with Gasteiger partial charge in [0.2, 0.25) is 0 Å². The van der Waals surface area contributed by atoms with Crippen molar-refractivity contribution in [2.75, 3.05) is 5.43 Å². The first kappa shape index (κ1) is 11.6. The standard InChI is InChI=1S/C10H8N4O4/c15-10(16)13-12-9-6-3-1-2-4-7(6)11-5-8(9)14(17)18/h1-5,13H,(H,11,12)(H,15,16). The molecule has 1 aromatic carbocycles. The van der Waals surface area contributed by atoms with E-state index in [0.717, 1.165) is 6.20 Å². The van der Waals surface area contributed by atoms with Gasteiger partial charge in [-0.2, -0.15) is 0 Å². The number of nitrogens with zero attached hydrogens (tertiary/aromatic N) is 2. The topological polar surface area (TPSA) is 117 Å². The van der Waals surface area contributed by atoms with E-state index in [1.165, 1.54) is 0 Å². The lowest BCUT2D eigenvalue weighted by molar-refractivity contribution is -0.384. The Labute approximate surface area is 100 Å². The van der Waals surface area contributed by atoms with Crippen LogP contribution < -0.4 is 10.9 Å². The van der Waals surface area contributed by atoms with Gasteiger partial charge in [-0.05, 0) is 6.07 Å². The van der Waals surface area contributed by atoms with Gasteiger partial charge in [0.05, 0.1) is 10.4 Å². The quantitative estimate of drug-likeness (QED) is 0.562. The van der Waals surface area contributed by atoms with Crippen LogP contribution in [0.1, 0.15) is 0 Å². The van der Waals surface area contributed by atoms with Crippen LogP contribution in [0.5, 0.6) is 0 Å². The van der Waals surface area contributed by atoms with E-state index in [9.17, 15) is 14.9 Å². The van der Waals surface area contributed by atoms with Crippen molar-refractivity contribution in [3.63, 3.8) is 0 Å². The first-order valence-corrected chi connectivity index (χ1v) is 4.86. The lowest BCUT2D eigenvalue weighted by Gasteiger charge is -2.08. The number of carbonyl (C=O) groups is 1. The zero-order valence-corrected chi connectivity index (χ0v) is 8.95. The van der Waals surface area contributed by atoms with Crippen molar-refractivity contribution >= 4 is 28.4 Å². The average molecular weight is 248 g/mol. The number of hydrazine groups is 1. The summed E-state index contributed by atoms with van der Waals surface area (Å²) in [5.41, 5.74) is 4.47. The number of anilines is 1. The average Bonchev–Trinajstić information content (AvgIpc) is 2.35. The molecule has 0 fully saturated rings. The second kappa shape index (κ2) is 4.53. The van der Waals surface area contributed by atoms with Crippen LogP contribution in [0.25, 0.3) is 10.9 Å². The molecule has 0 spiro atoms. The number of hydrogen-bond acceptors (Lipinski definition) is 5. The largest absolute Gasteiger partial charge is 0.464 e. The molecular weight excluding hydrogens is 240 g/mol. The molecule has 0 bridgehead atoms. The summed E-state index contributed by atoms with van der Waals surface area (Å²) >= 11 is 0. The van der Waals surface area contributed by atoms with Crippen LogP contribution in [0.3, 0.4) is 0 Å². The minimum absolute atomic E-state index is 0.0630. The van der Waals surface area contributed by atoms with Gasteiger partial charge in [-0.15, -0.1) is 0 Å². The smallest absolute Gasteiger partial charge is 0.423 e. The molecule has 2 rings (SSSR count). The predicted molar refractivity (Wildman–Crippen MR) is 63.2 cm³/mol. The van der Waals surface area contributed by atoms with Gasteiger partial charge in [-0.25, -0.2) is 15.2 Å². The maximum atomic E-state index is 10.9. The van der Waals surface area contributed by atoms with Crippen LogP contribution in [-0.2, 0) is 0 Å². The zero-order chi connectivity index (χ0) is 13.1. The predicted octanol–water partition coefficient (Wildman–Crippen LogP) is 1.74. The molecule has 0 aliphatic heterocycles. The van der Waals surface area contributed by atoms with Crippen LogP contribution in [-0.4, -0.2) is 21.1 Å². The molecule has 8 heteroatoms. The van der Waals surface area contributed by atoms with Crippen LogP contribution in [0.15, 0.2) is 30.5 Å². The maximum Gasteiger partial charge on any atom is 0.423 e. The summed E-state index contributed by atoms with van der Waals surface area (Å²) in [5, 5.41) is 19.8. The van der Waals surface area contributed by atoms with E-state index in [0.29, 0.717) is 10.9 Å². The molecule has 8 nitrogen and oxygen atoms in total. The van der Waals surface area contributed by atoms with Crippen molar-refractivity contribution in [2.24, 2.45) is 0 Å². The molecule has 1 amide bonds. The summed E-state index contributed by atoms with van der Waals surface area (Å²) in [4.78, 5) is 24.6. The van der Waals surface area contributed by atoms with Crippen LogP contribution in [0.2, 0.25) is 0 Å². The molecule has 2 aromatic rings. The highest BCUT2D eigenvalue weighted by Crippen LogP contribution is 2.30. The summed E-state index contributed by atoms with van der Waals surface area (Å²) in [6.45, 7) is 0. The monoisotopic (exact) mass is 248 g/mol. The number of hydrogen-bond donors (Lipinski definition) is 3. The highest BCUT2D eigenvalue weighted by atomic mass is 16.6. The fourth-order valence-corrected chi connectivity index (χ4v) is 1.52. The molecule has 0 aliphatic rings. The molecule has 0 radical (unpaired) electrons. The molecule has 92 valence electrons. The van der Waals surface area contributed by atoms with E-state index < -0.39 is 11.0 Å². The molecule has 0 saturated heterocycles. The van der Waals surface area contributed by atoms with Gasteiger partial charge >= 0.3 is 11.8 Å². The summed E-state index contributed by atoms with van der Waals surface area (Å²) < 4.78 is 0. The number of aromatic nitrogens is 1. The Morgan fingerprint density at radius 1 is 1.39 bits per heavy atom. The van der Waals surface area contributed by atoms with E-state index in [1.54, 1.807) is 24.3 Å². The Bertz CT molecular complexity index is 628. The number of benzene rings is 1. The van der Waals surface area contributed by atoms with Crippen LogP contribution in [0.4, 0.5) is 16.2 Å². The van der Waals surface area contributed by atoms with Crippen molar-refractivity contribution in [1.29, 1.82) is 0 Å². The molecule has 0 atom stereocenters. The maximum absolute atomic E-state index is 10.9. The molecule has 1 heterocycles. The lowest BCUT2D eigenvalue weighted by Crippen LogP contribution is -2.27. The Hall–Kier alpha value is -2.90. The van der Waals surface area contributed by atoms with Gasteiger partial charge in [0.1, 0.15) is 11.9 Å². The second-order valence-corrected chi connectivity index (χ2v) is 3.35. The van der Waals surface area contributed by atoms with E-state index in [1.807, 2.05) is 5.43 Å². The normalized spacial score (nSPS) is 10.0. The van der Waals surface area contributed by atoms with Gasteiger partial charge in [0.15, 0.2) is 0 Å². The van der Waals surface area contributed by atoms with Gasteiger partial charge in [-0.3, -0.25) is 15.5 Å². The summed E-state index contributed by atoms with van der Waals surface area (Å²) in [5.74, 6) is 0. The molecule has 0 saturated carbocycles. The highest BCUT2D eigenvalue weighted by Gasteiger charge is 2.18. The Morgan fingerprint density at radius 3 is 2.78 bits per heavy atom. The summed E-state index contributed by atoms with van der Waals surface area (Å²) in [7, 11) is 0. The van der Waals surface area contributed by atoms with E-state index in [4.69, 9.17) is 5.11 Å². The third-order valence-electron chi connectivity index (χ3n) is 2.25. The van der Waals surface area contributed by atoms with Gasteiger partial charge in [-0.1, -0.05) is 18.2 Å². The number of amides is 1. The fraction of sp³-hybridized carbons (Fsp3) is 0. The molecule has 0 unspecified atom stereocenters. The van der Waals surface area contributed by atoms with E-state index in [-0.39, 0.29) is 11.4 Å². The van der Waals surface area contributed by atoms with Gasteiger partial charge < -0.3 is 5.11 Å². The highest BCUT2D eigenvalue weighted by molar-refractivity contribution is 5.96. The minimum atomic E-state index is -1.34. The van der Waals surface area contributed by atoms with Crippen LogP contribution >= 0.6 is 0 Å². The lowest BCUT2D eigenvalue weighted by atomic mass is 10.2. The van der Waals surface area contributed by atoms with Crippen molar-refractivity contribution in [3.05, 3.63) is 40.6 Å². The minimum Gasteiger partial charge on any atom is -0.464 e. The van der Waals surface area contributed by atoms with Crippen molar-refractivity contribution in [2.45, 2.75) is 0 Å². The SMILES string of the molecule is O=C(O)NNc1c([N+](=O)[O-])cnc2ccccc12. The molecule has 3 N–H and O–H groups in total. The number of nitrogens with one attached hydrogen (secondary N) is 2.